The Morgan fingerprint density at radius 2 is 2.00 bits per heavy atom. The first-order valence-corrected chi connectivity index (χ1v) is 7.36. The van der Waals surface area contributed by atoms with E-state index in [4.69, 9.17) is 4.18 Å². The molecule has 1 unspecified atom stereocenters. The summed E-state index contributed by atoms with van der Waals surface area (Å²) in [6.45, 7) is 3.60. The van der Waals surface area contributed by atoms with Crippen LogP contribution in [0.25, 0.3) is 0 Å². The van der Waals surface area contributed by atoms with Crippen LogP contribution in [0.4, 0.5) is 0 Å². The number of aryl methyl sites for hydroxylation is 1. The number of H-pyrrole nitrogens is 1. The summed E-state index contributed by atoms with van der Waals surface area (Å²) in [7, 11) is -3.72. The Bertz CT molecular complexity index is 618. The predicted octanol–water partition coefficient (Wildman–Crippen LogP) is 2.05. The van der Waals surface area contributed by atoms with Crippen molar-refractivity contribution in [1.82, 2.24) is 9.97 Å². The molecule has 1 aromatic carbocycles. The number of rotatable bonds is 5. The van der Waals surface area contributed by atoms with Crippen LogP contribution in [0, 0.1) is 6.92 Å². The molecule has 0 fully saturated rings. The van der Waals surface area contributed by atoms with Crippen LogP contribution in [-0.4, -0.2) is 24.5 Å². The van der Waals surface area contributed by atoms with Crippen molar-refractivity contribution in [3.05, 3.63) is 48.0 Å². The summed E-state index contributed by atoms with van der Waals surface area (Å²) in [5.41, 5.74) is 1.00. The number of hydrogen-bond donors (Lipinski definition) is 1. The van der Waals surface area contributed by atoms with E-state index in [-0.39, 0.29) is 4.90 Å². The fraction of sp³-hybridized carbons (Fsp3) is 0.308. The van der Waals surface area contributed by atoms with Gasteiger partial charge in [-0.3, -0.25) is 4.18 Å². The molecule has 1 aromatic heterocycles. The number of nitrogens with zero attached hydrogens (tertiary/aromatic N) is 1. The van der Waals surface area contributed by atoms with E-state index in [2.05, 4.69) is 9.97 Å². The minimum Gasteiger partial charge on any atom is -0.349 e. The van der Waals surface area contributed by atoms with Crippen molar-refractivity contribution in [2.75, 3.05) is 0 Å². The van der Waals surface area contributed by atoms with Gasteiger partial charge in [0.15, 0.2) is 0 Å². The molecule has 1 N–H and O–H groups in total. The first kappa shape index (κ1) is 13.8. The van der Waals surface area contributed by atoms with Crippen molar-refractivity contribution in [1.29, 1.82) is 0 Å². The highest BCUT2D eigenvalue weighted by molar-refractivity contribution is 7.86. The minimum atomic E-state index is -3.72. The van der Waals surface area contributed by atoms with Gasteiger partial charge in [-0.15, -0.1) is 0 Å². The van der Waals surface area contributed by atoms with Gasteiger partial charge in [0, 0.05) is 18.8 Å². The van der Waals surface area contributed by atoms with E-state index in [1.807, 2.05) is 6.92 Å². The van der Waals surface area contributed by atoms with Crippen LogP contribution in [0.5, 0.6) is 0 Å². The molecule has 0 aliphatic carbocycles. The monoisotopic (exact) mass is 280 g/mol. The van der Waals surface area contributed by atoms with Crippen molar-refractivity contribution >= 4 is 10.1 Å². The molecule has 6 heteroatoms. The molecule has 19 heavy (non-hydrogen) atoms. The molecule has 0 saturated heterocycles. The molecular formula is C13H16N2O3S. The van der Waals surface area contributed by atoms with Gasteiger partial charge in [0.05, 0.1) is 11.0 Å². The molecule has 0 radical (unpaired) electrons. The molecule has 0 spiro atoms. The molecule has 1 heterocycles. The molecule has 102 valence electrons. The van der Waals surface area contributed by atoms with E-state index in [0.29, 0.717) is 12.2 Å². The lowest BCUT2D eigenvalue weighted by atomic mass is 10.2. The Kier molecular flexibility index (Phi) is 4.01. The molecule has 2 aromatic rings. The second-order valence-electron chi connectivity index (χ2n) is 4.41. The number of nitrogens with one attached hydrogen (secondary N) is 1. The third-order valence-electron chi connectivity index (χ3n) is 2.64. The van der Waals surface area contributed by atoms with Gasteiger partial charge in [-0.1, -0.05) is 17.7 Å². The summed E-state index contributed by atoms with van der Waals surface area (Å²) in [6.07, 6.45) is 3.25. The molecular weight excluding hydrogens is 264 g/mol. The Morgan fingerprint density at radius 3 is 2.58 bits per heavy atom. The SMILES string of the molecule is Cc1ccc(S(=O)(=O)OC(C)Cc2ncc[nH]2)cc1. The fourth-order valence-electron chi connectivity index (χ4n) is 1.69. The van der Waals surface area contributed by atoms with E-state index in [1.54, 1.807) is 43.6 Å². The average Bonchev–Trinajstić information content (AvgIpc) is 2.81. The van der Waals surface area contributed by atoms with Gasteiger partial charge in [0.25, 0.3) is 10.1 Å². The molecule has 0 amide bonds. The zero-order chi connectivity index (χ0) is 13.9. The molecule has 0 aliphatic heterocycles. The maximum atomic E-state index is 12.0. The number of hydrogen-bond acceptors (Lipinski definition) is 4. The quantitative estimate of drug-likeness (QED) is 0.851. The lowest BCUT2D eigenvalue weighted by Crippen LogP contribution is -2.18. The predicted molar refractivity (Wildman–Crippen MR) is 71.2 cm³/mol. The summed E-state index contributed by atoms with van der Waals surface area (Å²) in [4.78, 5) is 7.13. The average molecular weight is 280 g/mol. The first-order chi connectivity index (χ1) is 8.97. The van der Waals surface area contributed by atoms with E-state index in [0.717, 1.165) is 5.56 Å². The van der Waals surface area contributed by atoms with Crippen LogP contribution in [0.15, 0.2) is 41.6 Å². The van der Waals surface area contributed by atoms with E-state index in [9.17, 15) is 8.42 Å². The third-order valence-corrected chi connectivity index (χ3v) is 4.07. The van der Waals surface area contributed by atoms with Crippen molar-refractivity contribution < 1.29 is 12.6 Å². The topological polar surface area (TPSA) is 72.1 Å². The Hall–Kier alpha value is -1.66. The number of aromatic nitrogens is 2. The molecule has 5 nitrogen and oxygen atoms in total. The van der Waals surface area contributed by atoms with Crippen LogP contribution >= 0.6 is 0 Å². The Balaban J connectivity index is 2.06. The van der Waals surface area contributed by atoms with Crippen molar-refractivity contribution in [3.63, 3.8) is 0 Å². The molecule has 0 saturated carbocycles. The van der Waals surface area contributed by atoms with E-state index < -0.39 is 16.2 Å². The van der Waals surface area contributed by atoms with Gasteiger partial charge in [-0.25, -0.2) is 4.98 Å². The standard InChI is InChI=1S/C13H16N2O3S/c1-10-3-5-12(6-4-10)19(16,17)18-11(2)9-13-14-7-8-15-13/h3-8,11H,9H2,1-2H3,(H,14,15). The highest BCUT2D eigenvalue weighted by Crippen LogP contribution is 2.16. The highest BCUT2D eigenvalue weighted by Gasteiger charge is 2.19. The van der Waals surface area contributed by atoms with E-state index in [1.165, 1.54) is 0 Å². The number of aromatic amines is 1. The van der Waals surface area contributed by atoms with Gasteiger partial charge in [-0.05, 0) is 26.0 Å². The number of benzene rings is 1. The summed E-state index contributed by atoms with van der Waals surface area (Å²) in [5, 5.41) is 0. The lowest BCUT2D eigenvalue weighted by Gasteiger charge is -2.12. The molecule has 0 bridgehead atoms. The van der Waals surface area contributed by atoms with Crippen LogP contribution < -0.4 is 0 Å². The van der Waals surface area contributed by atoms with Crippen molar-refractivity contribution in [2.24, 2.45) is 0 Å². The van der Waals surface area contributed by atoms with Gasteiger partial charge < -0.3 is 4.98 Å². The zero-order valence-corrected chi connectivity index (χ0v) is 11.6. The van der Waals surface area contributed by atoms with Gasteiger partial charge in [0.1, 0.15) is 5.82 Å². The minimum absolute atomic E-state index is 0.171. The van der Waals surface area contributed by atoms with Crippen LogP contribution in [0.1, 0.15) is 18.3 Å². The maximum Gasteiger partial charge on any atom is 0.297 e. The lowest BCUT2D eigenvalue weighted by molar-refractivity contribution is 0.227. The Morgan fingerprint density at radius 1 is 1.32 bits per heavy atom. The summed E-state index contributed by atoms with van der Waals surface area (Å²) >= 11 is 0. The molecule has 1 atom stereocenters. The fourth-order valence-corrected chi connectivity index (χ4v) is 2.77. The maximum absolute atomic E-state index is 12.0. The Labute approximate surface area is 112 Å². The summed E-state index contributed by atoms with van der Waals surface area (Å²) < 4.78 is 29.2. The molecule has 0 aliphatic rings. The van der Waals surface area contributed by atoms with Gasteiger partial charge in [-0.2, -0.15) is 8.42 Å². The number of imidazole rings is 1. The molecule has 2 rings (SSSR count). The van der Waals surface area contributed by atoms with Crippen molar-refractivity contribution in [3.8, 4) is 0 Å². The van der Waals surface area contributed by atoms with Crippen LogP contribution in [-0.2, 0) is 20.7 Å². The highest BCUT2D eigenvalue weighted by atomic mass is 32.2. The second kappa shape index (κ2) is 5.54. The second-order valence-corrected chi connectivity index (χ2v) is 5.99. The van der Waals surface area contributed by atoms with E-state index >= 15 is 0 Å². The van der Waals surface area contributed by atoms with Crippen LogP contribution in [0.2, 0.25) is 0 Å². The third kappa shape index (κ3) is 3.65. The summed E-state index contributed by atoms with van der Waals surface area (Å²) in [6, 6.07) is 6.58. The van der Waals surface area contributed by atoms with Crippen molar-refractivity contribution in [2.45, 2.75) is 31.3 Å². The van der Waals surface area contributed by atoms with Gasteiger partial charge >= 0.3 is 0 Å². The zero-order valence-electron chi connectivity index (χ0n) is 10.8. The first-order valence-electron chi connectivity index (χ1n) is 5.95. The normalized spacial score (nSPS) is 13.4. The van der Waals surface area contributed by atoms with Crippen LogP contribution in [0.3, 0.4) is 0 Å². The largest absolute Gasteiger partial charge is 0.349 e. The van der Waals surface area contributed by atoms with Gasteiger partial charge in [0.2, 0.25) is 0 Å². The summed E-state index contributed by atoms with van der Waals surface area (Å²) in [5.74, 6) is 0.701. The smallest absolute Gasteiger partial charge is 0.297 e.